The van der Waals surface area contributed by atoms with Crippen LogP contribution >= 0.6 is 15.9 Å². The lowest BCUT2D eigenvalue weighted by atomic mass is 9.89. The van der Waals surface area contributed by atoms with Gasteiger partial charge in [0, 0.05) is 11.0 Å². The van der Waals surface area contributed by atoms with Crippen LogP contribution in [0.2, 0.25) is 0 Å². The number of hydrogen-bond donors (Lipinski definition) is 1. The topological polar surface area (TPSA) is 29.1 Å². The van der Waals surface area contributed by atoms with Crippen molar-refractivity contribution in [3.8, 4) is 0 Å². The summed E-state index contributed by atoms with van der Waals surface area (Å²) in [6, 6.07) is 2.19. The first kappa shape index (κ1) is 14.4. The van der Waals surface area contributed by atoms with Gasteiger partial charge in [-0.1, -0.05) is 35.7 Å². The van der Waals surface area contributed by atoms with Gasteiger partial charge in [0.25, 0.3) is 5.91 Å². The van der Waals surface area contributed by atoms with Gasteiger partial charge in [0.2, 0.25) is 0 Å². The van der Waals surface area contributed by atoms with Crippen molar-refractivity contribution in [2.24, 2.45) is 5.41 Å². The van der Waals surface area contributed by atoms with Crippen LogP contribution in [0.3, 0.4) is 0 Å². The highest BCUT2D eigenvalue weighted by molar-refractivity contribution is 9.10. The Labute approximate surface area is 119 Å². The summed E-state index contributed by atoms with van der Waals surface area (Å²) in [6.45, 7) is 2.55. The summed E-state index contributed by atoms with van der Waals surface area (Å²) in [5, 5.41) is 2.65. The van der Waals surface area contributed by atoms with Gasteiger partial charge in [-0.2, -0.15) is 0 Å². The molecule has 0 heterocycles. The molecule has 0 aliphatic heterocycles. The Morgan fingerprint density at radius 3 is 2.37 bits per heavy atom. The molecule has 0 aromatic heterocycles. The Bertz CT molecular complexity index is 475. The van der Waals surface area contributed by atoms with E-state index in [2.05, 4.69) is 28.2 Å². The lowest BCUT2D eigenvalue weighted by molar-refractivity contribution is 0.0925. The van der Waals surface area contributed by atoms with E-state index in [1.54, 1.807) is 0 Å². The van der Waals surface area contributed by atoms with Gasteiger partial charge in [-0.05, 0) is 30.4 Å². The number of amides is 1. The predicted octanol–water partition coefficient (Wildman–Crippen LogP) is 4.04. The molecule has 0 spiro atoms. The number of rotatable bonds is 3. The summed E-state index contributed by atoms with van der Waals surface area (Å²) < 4.78 is 27.5. The summed E-state index contributed by atoms with van der Waals surface area (Å²) in [4.78, 5) is 11.9. The number of carbonyl (C=O) groups excluding carboxylic acids is 1. The first-order valence-electron chi connectivity index (χ1n) is 6.34. The van der Waals surface area contributed by atoms with Crippen molar-refractivity contribution in [3.63, 3.8) is 0 Å². The van der Waals surface area contributed by atoms with Crippen molar-refractivity contribution in [2.45, 2.75) is 32.6 Å². The van der Waals surface area contributed by atoms with E-state index in [0.717, 1.165) is 37.8 Å². The predicted molar refractivity (Wildman–Crippen MR) is 73.0 cm³/mol. The fraction of sp³-hybridized carbons (Fsp3) is 0.500. The highest BCUT2D eigenvalue weighted by Crippen LogP contribution is 2.36. The average Bonchev–Trinajstić information content (AvgIpc) is 2.73. The fourth-order valence-corrected chi connectivity index (χ4v) is 2.95. The van der Waals surface area contributed by atoms with Crippen LogP contribution in [0.25, 0.3) is 0 Å². The van der Waals surface area contributed by atoms with Crippen molar-refractivity contribution in [3.05, 3.63) is 33.8 Å². The van der Waals surface area contributed by atoms with Crippen LogP contribution in [-0.4, -0.2) is 12.5 Å². The second-order valence-electron chi connectivity index (χ2n) is 5.44. The van der Waals surface area contributed by atoms with E-state index in [1.807, 2.05) is 0 Å². The van der Waals surface area contributed by atoms with E-state index in [1.165, 1.54) is 0 Å². The standard InChI is InChI=1S/C14H16BrF2NO/c1-14(4-2-3-5-14)8-18-13(19)12-10(16)6-9(15)7-11(12)17/h6-7H,2-5,8H2,1H3,(H,18,19). The van der Waals surface area contributed by atoms with Crippen LogP contribution in [0, 0.1) is 17.0 Å². The summed E-state index contributed by atoms with van der Waals surface area (Å²) in [7, 11) is 0. The smallest absolute Gasteiger partial charge is 0.257 e. The fourth-order valence-electron chi connectivity index (χ4n) is 2.55. The molecular weight excluding hydrogens is 316 g/mol. The molecule has 104 valence electrons. The van der Waals surface area contributed by atoms with E-state index in [9.17, 15) is 13.6 Å². The lowest BCUT2D eigenvalue weighted by Gasteiger charge is -2.23. The van der Waals surface area contributed by atoms with E-state index in [-0.39, 0.29) is 9.89 Å². The van der Waals surface area contributed by atoms with Crippen LogP contribution in [0.4, 0.5) is 8.78 Å². The maximum absolute atomic E-state index is 13.6. The zero-order valence-electron chi connectivity index (χ0n) is 10.7. The molecule has 1 aliphatic carbocycles. The minimum Gasteiger partial charge on any atom is -0.351 e. The van der Waals surface area contributed by atoms with Gasteiger partial charge >= 0.3 is 0 Å². The van der Waals surface area contributed by atoms with Gasteiger partial charge in [-0.15, -0.1) is 0 Å². The Hall–Kier alpha value is -0.970. The molecule has 1 amide bonds. The SMILES string of the molecule is CC1(CNC(=O)c2c(F)cc(Br)cc2F)CCCC1. The van der Waals surface area contributed by atoms with Gasteiger partial charge in [0.15, 0.2) is 0 Å². The molecule has 0 saturated heterocycles. The average molecular weight is 332 g/mol. The van der Waals surface area contributed by atoms with Gasteiger partial charge in [-0.25, -0.2) is 8.78 Å². The molecule has 1 aromatic rings. The summed E-state index contributed by atoms with van der Waals surface area (Å²) in [5.41, 5.74) is -0.456. The Kier molecular flexibility index (Phi) is 4.23. The number of halogens is 3. The number of benzene rings is 1. The van der Waals surface area contributed by atoms with E-state index >= 15 is 0 Å². The number of carbonyl (C=O) groups is 1. The number of hydrogen-bond acceptors (Lipinski definition) is 1. The molecule has 0 radical (unpaired) electrons. The van der Waals surface area contributed by atoms with Gasteiger partial charge < -0.3 is 5.32 Å². The first-order chi connectivity index (χ1) is 8.91. The molecule has 1 fully saturated rings. The van der Waals surface area contributed by atoms with Crippen LogP contribution in [0.5, 0.6) is 0 Å². The third-order valence-corrected chi connectivity index (χ3v) is 4.18. The Balaban J connectivity index is 2.08. The van der Waals surface area contributed by atoms with Gasteiger partial charge in [-0.3, -0.25) is 4.79 Å². The van der Waals surface area contributed by atoms with Crippen molar-refractivity contribution >= 4 is 21.8 Å². The van der Waals surface area contributed by atoms with Gasteiger partial charge in [0.1, 0.15) is 17.2 Å². The Morgan fingerprint density at radius 2 is 1.84 bits per heavy atom. The number of nitrogens with one attached hydrogen (secondary N) is 1. The quantitative estimate of drug-likeness (QED) is 0.889. The summed E-state index contributed by atoms with van der Waals surface area (Å²) in [6.07, 6.45) is 4.37. The minimum atomic E-state index is -0.846. The highest BCUT2D eigenvalue weighted by atomic mass is 79.9. The maximum atomic E-state index is 13.6. The lowest BCUT2D eigenvalue weighted by Crippen LogP contribution is -2.35. The zero-order chi connectivity index (χ0) is 14.0. The molecule has 2 nitrogen and oxygen atoms in total. The third-order valence-electron chi connectivity index (χ3n) is 3.72. The normalized spacial score (nSPS) is 17.5. The molecule has 2 rings (SSSR count). The molecular formula is C14H16BrF2NO. The molecule has 1 saturated carbocycles. The minimum absolute atomic E-state index is 0.0535. The van der Waals surface area contributed by atoms with E-state index in [4.69, 9.17) is 0 Å². The van der Waals surface area contributed by atoms with Crippen molar-refractivity contribution in [1.82, 2.24) is 5.32 Å². The molecule has 0 unspecified atom stereocenters. The molecule has 1 aromatic carbocycles. The molecule has 0 atom stereocenters. The van der Waals surface area contributed by atoms with Crippen LogP contribution < -0.4 is 5.32 Å². The van der Waals surface area contributed by atoms with Gasteiger partial charge in [0.05, 0.1) is 0 Å². The molecule has 5 heteroatoms. The second kappa shape index (κ2) is 5.57. The van der Waals surface area contributed by atoms with E-state index in [0.29, 0.717) is 6.54 Å². The van der Waals surface area contributed by atoms with E-state index < -0.39 is 23.1 Å². The van der Waals surface area contributed by atoms with Crippen LogP contribution in [0.1, 0.15) is 43.0 Å². The Morgan fingerprint density at radius 1 is 1.32 bits per heavy atom. The maximum Gasteiger partial charge on any atom is 0.257 e. The molecule has 19 heavy (non-hydrogen) atoms. The monoisotopic (exact) mass is 331 g/mol. The van der Waals surface area contributed by atoms with Crippen LogP contribution in [-0.2, 0) is 0 Å². The zero-order valence-corrected chi connectivity index (χ0v) is 12.3. The second-order valence-corrected chi connectivity index (χ2v) is 6.36. The summed E-state index contributed by atoms with van der Waals surface area (Å²) in [5.74, 6) is -2.38. The van der Waals surface area contributed by atoms with Crippen molar-refractivity contribution in [1.29, 1.82) is 0 Å². The largest absolute Gasteiger partial charge is 0.351 e. The van der Waals surface area contributed by atoms with Crippen molar-refractivity contribution in [2.75, 3.05) is 6.54 Å². The molecule has 1 N–H and O–H groups in total. The van der Waals surface area contributed by atoms with Crippen LogP contribution in [0.15, 0.2) is 16.6 Å². The van der Waals surface area contributed by atoms with Crippen molar-refractivity contribution < 1.29 is 13.6 Å². The summed E-state index contributed by atoms with van der Waals surface area (Å²) >= 11 is 2.99. The third kappa shape index (κ3) is 3.32. The first-order valence-corrected chi connectivity index (χ1v) is 7.13. The molecule has 1 aliphatic rings. The molecule has 0 bridgehead atoms. The highest BCUT2D eigenvalue weighted by Gasteiger charge is 2.29.